The van der Waals surface area contributed by atoms with Gasteiger partial charge in [0.2, 0.25) is 0 Å². The zero-order valence-corrected chi connectivity index (χ0v) is 7.02. The molecule has 1 atom stereocenters. The van der Waals surface area contributed by atoms with Crippen LogP contribution in [-0.4, -0.2) is 26.0 Å². The van der Waals surface area contributed by atoms with Crippen LogP contribution in [0.15, 0.2) is 0 Å². The maximum Gasteiger partial charge on any atom is 0.146 e. The normalized spacial score (nSPS) is 16.8. The van der Waals surface area contributed by atoms with E-state index in [1.165, 1.54) is 0 Å². The smallest absolute Gasteiger partial charge is 0.146 e. The zero-order valence-electron chi connectivity index (χ0n) is 7.02. The van der Waals surface area contributed by atoms with E-state index in [-0.39, 0.29) is 5.54 Å². The molecule has 3 nitrogen and oxygen atoms in total. The Balaban J connectivity index is 3.28. The van der Waals surface area contributed by atoms with Crippen LogP contribution in [0.25, 0.3) is 0 Å². The molecule has 62 valence electrons. The fraction of sp³-hybridized carbons (Fsp3) is 1.00. The summed E-state index contributed by atoms with van der Waals surface area (Å²) in [6.45, 7) is 4.88. The van der Waals surface area contributed by atoms with Gasteiger partial charge in [-0.2, -0.15) is 0 Å². The van der Waals surface area contributed by atoms with E-state index in [9.17, 15) is 0 Å². The minimum atomic E-state index is -0.210. The molecule has 0 saturated carbocycles. The lowest BCUT2D eigenvalue weighted by Gasteiger charge is -2.21. The first kappa shape index (κ1) is 9.88. The summed E-state index contributed by atoms with van der Waals surface area (Å²) < 4.78 is 9.80. The van der Waals surface area contributed by atoms with Gasteiger partial charge in [0.05, 0.1) is 6.61 Å². The van der Waals surface area contributed by atoms with Crippen LogP contribution in [0.4, 0.5) is 0 Å². The Kier molecular flexibility index (Phi) is 4.60. The highest BCUT2D eigenvalue weighted by Crippen LogP contribution is 2.04. The highest BCUT2D eigenvalue weighted by atomic mass is 16.7. The van der Waals surface area contributed by atoms with Crippen molar-refractivity contribution in [2.45, 2.75) is 25.8 Å². The highest BCUT2D eigenvalue weighted by molar-refractivity contribution is 4.74. The van der Waals surface area contributed by atoms with E-state index < -0.39 is 0 Å². The van der Waals surface area contributed by atoms with E-state index in [2.05, 4.69) is 0 Å². The van der Waals surface area contributed by atoms with Crippen molar-refractivity contribution < 1.29 is 9.47 Å². The van der Waals surface area contributed by atoms with Gasteiger partial charge in [-0.3, -0.25) is 0 Å². The summed E-state index contributed by atoms with van der Waals surface area (Å²) in [5, 5.41) is 0. The summed E-state index contributed by atoms with van der Waals surface area (Å²) in [6.07, 6.45) is 0.913. The first-order chi connectivity index (χ1) is 4.62. The second kappa shape index (κ2) is 4.66. The first-order valence-corrected chi connectivity index (χ1v) is 3.48. The molecule has 0 aliphatic rings. The Morgan fingerprint density at radius 1 is 1.50 bits per heavy atom. The zero-order chi connectivity index (χ0) is 8.04. The molecule has 0 bridgehead atoms. The molecule has 2 N–H and O–H groups in total. The van der Waals surface area contributed by atoms with E-state index >= 15 is 0 Å². The van der Waals surface area contributed by atoms with Gasteiger partial charge < -0.3 is 15.2 Å². The minimum Gasteiger partial charge on any atom is -0.359 e. The number of nitrogens with two attached hydrogens (primary N) is 1. The van der Waals surface area contributed by atoms with E-state index in [0.717, 1.165) is 6.42 Å². The van der Waals surface area contributed by atoms with Crippen LogP contribution in [0.3, 0.4) is 0 Å². The largest absolute Gasteiger partial charge is 0.359 e. The Bertz CT molecular complexity index is 83.7. The summed E-state index contributed by atoms with van der Waals surface area (Å²) in [6, 6.07) is 0. The number of hydrogen-bond acceptors (Lipinski definition) is 3. The molecule has 0 heterocycles. The molecule has 0 aromatic carbocycles. The van der Waals surface area contributed by atoms with Crippen LogP contribution >= 0.6 is 0 Å². The van der Waals surface area contributed by atoms with Gasteiger partial charge in [-0.25, -0.2) is 0 Å². The topological polar surface area (TPSA) is 44.5 Å². The molecule has 10 heavy (non-hydrogen) atoms. The number of hydrogen-bond donors (Lipinski definition) is 1. The summed E-state index contributed by atoms with van der Waals surface area (Å²) in [7, 11) is 1.60. The summed E-state index contributed by atoms with van der Waals surface area (Å²) in [5.41, 5.74) is 5.57. The van der Waals surface area contributed by atoms with Gasteiger partial charge >= 0.3 is 0 Å². The summed E-state index contributed by atoms with van der Waals surface area (Å²) in [5.74, 6) is 0. The lowest BCUT2D eigenvalue weighted by atomic mass is 10.0. The summed E-state index contributed by atoms with van der Waals surface area (Å²) in [4.78, 5) is 0. The van der Waals surface area contributed by atoms with Crippen LogP contribution < -0.4 is 5.73 Å². The lowest BCUT2D eigenvalue weighted by molar-refractivity contribution is -0.0464. The quantitative estimate of drug-likeness (QED) is 0.460. The van der Waals surface area contributed by atoms with Gasteiger partial charge in [0.25, 0.3) is 0 Å². The average Bonchev–Trinajstić information content (AvgIpc) is 1.89. The minimum absolute atomic E-state index is 0.210. The van der Waals surface area contributed by atoms with E-state index in [1.807, 2.05) is 13.8 Å². The van der Waals surface area contributed by atoms with E-state index in [4.69, 9.17) is 15.2 Å². The molecular formula is C7H17NO2. The monoisotopic (exact) mass is 147 g/mol. The second-order valence-corrected chi connectivity index (χ2v) is 2.76. The van der Waals surface area contributed by atoms with Gasteiger partial charge in [-0.1, -0.05) is 6.92 Å². The fourth-order valence-corrected chi connectivity index (χ4v) is 0.460. The summed E-state index contributed by atoms with van der Waals surface area (Å²) >= 11 is 0. The van der Waals surface area contributed by atoms with Gasteiger partial charge in [-0.15, -0.1) is 0 Å². The molecule has 0 radical (unpaired) electrons. The van der Waals surface area contributed by atoms with Crippen molar-refractivity contribution in [3.05, 3.63) is 0 Å². The van der Waals surface area contributed by atoms with Crippen molar-refractivity contribution in [1.82, 2.24) is 0 Å². The third-order valence-corrected chi connectivity index (χ3v) is 1.44. The Morgan fingerprint density at radius 3 is 2.50 bits per heavy atom. The molecule has 0 aliphatic carbocycles. The fourth-order valence-electron chi connectivity index (χ4n) is 0.460. The molecule has 0 spiro atoms. The predicted molar refractivity (Wildman–Crippen MR) is 40.7 cm³/mol. The Labute approximate surface area is 62.5 Å². The predicted octanol–water partition coefficient (Wildman–Crippen LogP) is 0.734. The second-order valence-electron chi connectivity index (χ2n) is 2.76. The van der Waals surface area contributed by atoms with Crippen LogP contribution in [0.5, 0.6) is 0 Å². The van der Waals surface area contributed by atoms with Gasteiger partial charge in [0.1, 0.15) is 6.79 Å². The third kappa shape index (κ3) is 4.73. The number of rotatable bonds is 5. The van der Waals surface area contributed by atoms with Crippen LogP contribution in [0.2, 0.25) is 0 Å². The van der Waals surface area contributed by atoms with Crippen molar-refractivity contribution in [2.24, 2.45) is 5.73 Å². The van der Waals surface area contributed by atoms with Crippen molar-refractivity contribution in [1.29, 1.82) is 0 Å². The molecule has 0 saturated heterocycles. The Morgan fingerprint density at radius 2 is 2.10 bits per heavy atom. The maximum atomic E-state index is 5.78. The molecular weight excluding hydrogens is 130 g/mol. The van der Waals surface area contributed by atoms with E-state index in [0.29, 0.717) is 13.4 Å². The molecule has 1 unspecified atom stereocenters. The van der Waals surface area contributed by atoms with Crippen LogP contribution in [0.1, 0.15) is 20.3 Å². The molecule has 0 rings (SSSR count). The average molecular weight is 147 g/mol. The lowest BCUT2D eigenvalue weighted by Crippen LogP contribution is -2.40. The van der Waals surface area contributed by atoms with Gasteiger partial charge in [0.15, 0.2) is 0 Å². The standard InChI is InChI=1S/C7H17NO2/c1-4-7(2,8)5-10-6-9-3/h4-6,8H2,1-3H3. The Hall–Kier alpha value is -0.120. The van der Waals surface area contributed by atoms with E-state index in [1.54, 1.807) is 7.11 Å². The SMILES string of the molecule is CCC(C)(N)COCOC. The van der Waals surface area contributed by atoms with Crippen molar-refractivity contribution in [3.8, 4) is 0 Å². The molecule has 0 aromatic heterocycles. The first-order valence-electron chi connectivity index (χ1n) is 3.48. The van der Waals surface area contributed by atoms with Crippen molar-refractivity contribution in [2.75, 3.05) is 20.5 Å². The van der Waals surface area contributed by atoms with Crippen molar-refractivity contribution >= 4 is 0 Å². The van der Waals surface area contributed by atoms with Crippen molar-refractivity contribution in [3.63, 3.8) is 0 Å². The van der Waals surface area contributed by atoms with Gasteiger partial charge in [-0.05, 0) is 13.3 Å². The third-order valence-electron chi connectivity index (χ3n) is 1.44. The number of methoxy groups -OCH3 is 1. The van der Waals surface area contributed by atoms with Crippen LogP contribution in [0, 0.1) is 0 Å². The van der Waals surface area contributed by atoms with Gasteiger partial charge in [0, 0.05) is 12.6 Å². The molecule has 0 amide bonds. The molecule has 3 heteroatoms. The molecule has 0 aliphatic heterocycles. The number of ether oxygens (including phenoxy) is 2. The maximum absolute atomic E-state index is 5.78. The highest BCUT2D eigenvalue weighted by Gasteiger charge is 2.14. The molecule has 0 fully saturated rings. The van der Waals surface area contributed by atoms with Crippen LogP contribution in [-0.2, 0) is 9.47 Å². The molecule has 0 aromatic rings.